The third-order valence-electron chi connectivity index (χ3n) is 1.73. The van der Waals surface area contributed by atoms with Crippen molar-refractivity contribution in [1.29, 1.82) is 0 Å². The van der Waals surface area contributed by atoms with Gasteiger partial charge in [0.05, 0.1) is 7.05 Å². The lowest BCUT2D eigenvalue weighted by Gasteiger charge is -1.94. The molecule has 0 spiro atoms. The molecule has 0 atom stereocenters. The molecule has 80 valence electrons. The molecule has 1 rings (SSSR count). The Balaban J connectivity index is 2.93. The number of rotatable bonds is 3. The Morgan fingerprint density at radius 2 is 2.20 bits per heavy atom. The van der Waals surface area contributed by atoms with Crippen LogP contribution in [0.4, 0.5) is 5.95 Å². The van der Waals surface area contributed by atoms with Crippen LogP contribution in [-0.2, 0) is 7.05 Å². The van der Waals surface area contributed by atoms with Crippen molar-refractivity contribution >= 4 is 18.2 Å². The molecular weight excluding hydrogens is 200 g/mol. The van der Waals surface area contributed by atoms with E-state index in [1.807, 2.05) is 0 Å². The molecule has 15 heavy (non-hydrogen) atoms. The average molecular weight is 210 g/mol. The van der Waals surface area contributed by atoms with Crippen LogP contribution >= 0.6 is 0 Å². The highest BCUT2D eigenvalue weighted by Crippen LogP contribution is 2.11. The van der Waals surface area contributed by atoms with Crippen LogP contribution in [0, 0.1) is 15.3 Å². The van der Waals surface area contributed by atoms with Gasteiger partial charge in [0.2, 0.25) is 0 Å². The van der Waals surface area contributed by atoms with Gasteiger partial charge in [-0.25, -0.2) is 9.31 Å². The van der Waals surface area contributed by atoms with Crippen LogP contribution in [0.15, 0.2) is 12.3 Å². The molecule has 0 N–H and O–H groups in total. The summed E-state index contributed by atoms with van der Waals surface area (Å²) < 4.78 is 1.95. The van der Waals surface area contributed by atoms with Crippen molar-refractivity contribution in [2.75, 3.05) is 7.05 Å². The lowest BCUT2D eigenvalue weighted by Crippen LogP contribution is -1.99. The van der Waals surface area contributed by atoms with Gasteiger partial charge in [0.1, 0.15) is 18.9 Å². The van der Waals surface area contributed by atoms with Crippen LogP contribution in [0.25, 0.3) is 6.08 Å². The second-order valence-corrected chi connectivity index (χ2v) is 2.85. The van der Waals surface area contributed by atoms with E-state index in [1.54, 1.807) is 6.08 Å². The molecule has 0 aliphatic heterocycles. The first-order valence-corrected chi connectivity index (χ1v) is 4.10. The number of hydrogen-bond donors (Lipinski definition) is 0. The van der Waals surface area contributed by atoms with Crippen LogP contribution in [0.3, 0.4) is 0 Å². The second kappa shape index (κ2) is 4.36. The summed E-state index contributed by atoms with van der Waals surface area (Å²) in [6.07, 6.45) is 5.72. The van der Waals surface area contributed by atoms with Gasteiger partial charge in [0, 0.05) is 6.08 Å². The molecule has 0 aliphatic rings. The molecule has 7 heteroatoms. The summed E-state index contributed by atoms with van der Waals surface area (Å²) in [4.78, 5) is 13.5. The summed E-state index contributed by atoms with van der Waals surface area (Å²) in [6.45, 7) is 0. The summed E-state index contributed by atoms with van der Waals surface area (Å²) in [7, 11) is 2.88. The van der Waals surface area contributed by atoms with E-state index in [0.717, 1.165) is 0 Å². The molecule has 0 amide bonds. The summed E-state index contributed by atoms with van der Waals surface area (Å²) in [5, 5.41) is 21.0. The van der Waals surface area contributed by atoms with E-state index in [2.05, 4.69) is 4.98 Å². The maximum atomic E-state index is 10.5. The van der Waals surface area contributed by atoms with Gasteiger partial charge in [-0.3, -0.25) is 0 Å². The fourth-order valence-electron chi connectivity index (χ4n) is 1.000. The third kappa shape index (κ3) is 2.63. The molecule has 1 aromatic heterocycles. The maximum absolute atomic E-state index is 10.5. The Bertz CT molecular complexity index is 429. The molecule has 0 aliphatic carbocycles. The number of nitro groups is 1. The van der Waals surface area contributed by atoms with E-state index < -0.39 is 4.92 Å². The fraction of sp³-hybridized carbons (Fsp3) is 0.250. The van der Waals surface area contributed by atoms with E-state index >= 15 is 0 Å². The largest absolute Gasteiger partial charge is 0.624 e. The topological polar surface area (TPSA) is 87.0 Å². The number of aromatic nitrogens is 2. The van der Waals surface area contributed by atoms with Gasteiger partial charge in [0.25, 0.3) is 0 Å². The van der Waals surface area contributed by atoms with Gasteiger partial charge < -0.3 is 15.3 Å². The SMILES string of the molecule is Cn1c(/C=C/C=[N+](/C)[O-])cnc1[N+](=O)[O-]. The number of nitrogens with zero attached hydrogens (tertiary/aromatic N) is 4. The molecule has 0 saturated carbocycles. The lowest BCUT2D eigenvalue weighted by atomic mass is 10.4. The summed E-state index contributed by atoms with van der Waals surface area (Å²) in [6, 6.07) is 0. The molecule has 1 aromatic rings. The number of imidazole rings is 1. The molecule has 0 unspecified atom stereocenters. The molecule has 0 bridgehead atoms. The number of hydroxylamine groups is 1. The third-order valence-corrected chi connectivity index (χ3v) is 1.73. The second-order valence-electron chi connectivity index (χ2n) is 2.85. The fourth-order valence-corrected chi connectivity index (χ4v) is 1.000. The standard InChI is InChI=1S/C8H10N4O3/c1-10(13)5-3-4-7-6-9-8(11(7)2)12(14)15/h3-6H,1-2H3/b4-3+,10-5-. The van der Waals surface area contributed by atoms with Crippen molar-refractivity contribution in [2.24, 2.45) is 7.05 Å². The minimum absolute atomic E-state index is 0.231. The van der Waals surface area contributed by atoms with Gasteiger partial charge in [-0.15, -0.1) is 0 Å². The van der Waals surface area contributed by atoms with Crippen LogP contribution in [-0.4, -0.2) is 32.5 Å². The monoisotopic (exact) mass is 210 g/mol. The van der Waals surface area contributed by atoms with Gasteiger partial charge in [-0.2, -0.15) is 0 Å². The van der Waals surface area contributed by atoms with Crippen molar-refractivity contribution < 1.29 is 9.66 Å². The predicted octanol–water partition coefficient (Wildman–Crippen LogP) is 0.552. The Kier molecular flexibility index (Phi) is 3.17. The first kappa shape index (κ1) is 10.9. The molecule has 0 fully saturated rings. The van der Waals surface area contributed by atoms with Crippen LogP contribution in [0.2, 0.25) is 0 Å². The van der Waals surface area contributed by atoms with Crippen molar-refractivity contribution in [3.63, 3.8) is 0 Å². The quantitative estimate of drug-likeness (QED) is 0.239. The van der Waals surface area contributed by atoms with Crippen LogP contribution in [0.1, 0.15) is 5.69 Å². The first-order chi connectivity index (χ1) is 7.02. The highest BCUT2D eigenvalue weighted by Gasteiger charge is 2.14. The van der Waals surface area contributed by atoms with E-state index in [4.69, 9.17) is 0 Å². The van der Waals surface area contributed by atoms with Gasteiger partial charge in [0.15, 0.2) is 6.21 Å². The average Bonchev–Trinajstić information content (AvgIpc) is 2.47. The Hall–Kier alpha value is -2.18. The Morgan fingerprint density at radius 3 is 2.67 bits per heavy atom. The molecule has 1 heterocycles. The summed E-state index contributed by atoms with van der Waals surface area (Å²) in [5.74, 6) is -0.231. The normalized spacial score (nSPS) is 12.3. The first-order valence-electron chi connectivity index (χ1n) is 4.10. The van der Waals surface area contributed by atoms with Crippen LogP contribution < -0.4 is 0 Å². The zero-order valence-corrected chi connectivity index (χ0v) is 8.32. The van der Waals surface area contributed by atoms with E-state index in [-0.39, 0.29) is 5.95 Å². The number of allylic oxidation sites excluding steroid dienone is 1. The maximum Gasteiger partial charge on any atom is 0.434 e. The Morgan fingerprint density at radius 1 is 1.53 bits per heavy atom. The Labute approximate surface area is 85.7 Å². The van der Waals surface area contributed by atoms with Gasteiger partial charge >= 0.3 is 5.95 Å². The molecular formula is C8H10N4O3. The van der Waals surface area contributed by atoms with Crippen molar-refractivity contribution in [1.82, 2.24) is 9.55 Å². The summed E-state index contributed by atoms with van der Waals surface area (Å²) >= 11 is 0. The minimum atomic E-state index is -0.569. The molecule has 7 nitrogen and oxygen atoms in total. The predicted molar refractivity (Wildman–Crippen MR) is 54.5 cm³/mol. The molecule has 0 saturated heterocycles. The van der Waals surface area contributed by atoms with Gasteiger partial charge in [-0.1, -0.05) is 4.98 Å². The highest BCUT2D eigenvalue weighted by molar-refractivity contribution is 5.74. The lowest BCUT2D eigenvalue weighted by molar-refractivity contribution is -0.416. The highest BCUT2D eigenvalue weighted by atomic mass is 16.6. The minimum Gasteiger partial charge on any atom is -0.624 e. The smallest absolute Gasteiger partial charge is 0.434 e. The number of hydrogen-bond acceptors (Lipinski definition) is 4. The van der Waals surface area contributed by atoms with E-state index in [1.165, 1.54) is 37.1 Å². The van der Waals surface area contributed by atoms with Crippen molar-refractivity contribution in [3.8, 4) is 0 Å². The van der Waals surface area contributed by atoms with E-state index in [0.29, 0.717) is 10.4 Å². The molecule has 0 radical (unpaired) electrons. The summed E-state index contributed by atoms with van der Waals surface area (Å²) in [5.41, 5.74) is 0.555. The van der Waals surface area contributed by atoms with Crippen molar-refractivity contribution in [2.45, 2.75) is 0 Å². The zero-order chi connectivity index (χ0) is 11.4. The van der Waals surface area contributed by atoms with E-state index in [9.17, 15) is 15.3 Å². The zero-order valence-electron chi connectivity index (χ0n) is 8.32. The van der Waals surface area contributed by atoms with Crippen molar-refractivity contribution in [3.05, 3.63) is 33.3 Å². The molecule has 0 aromatic carbocycles. The van der Waals surface area contributed by atoms with Gasteiger partial charge in [-0.05, 0) is 11.0 Å². The van der Waals surface area contributed by atoms with Crippen LogP contribution in [0.5, 0.6) is 0 Å².